The van der Waals surface area contributed by atoms with Crippen molar-refractivity contribution < 1.29 is 14.5 Å². The van der Waals surface area contributed by atoms with E-state index in [1.807, 2.05) is 83.4 Å². The van der Waals surface area contributed by atoms with Crippen molar-refractivity contribution in [3.05, 3.63) is 78.0 Å². The number of pyridine rings is 1. The third-order valence-electron chi connectivity index (χ3n) is 3.51. The van der Waals surface area contributed by atoms with Crippen LogP contribution in [0.5, 0.6) is 0 Å². The Hall–Kier alpha value is -2.94. The summed E-state index contributed by atoms with van der Waals surface area (Å²) in [5.74, 6) is -0.851. The summed E-state index contributed by atoms with van der Waals surface area (Å²) in [5, 5.41) is 10.2. The van der Waals surface area contributed by atoms with Crippen LogP contribution in [0, 0.1) is 0 Å². The van der Waals surface area contributed by atoms with Gasteiger partial charge >= 0.3 is 5.97 Å². The summed E-state index contributed by atoms with van der Waals surface area (Å²) in [6.07, 6.45) is 3.94. The number of aromatic nitrogens is 1. The molecule has 0 fully saturated rings. The van der Waals surface area contributed by atoms with Crippen LogP contribution in [-0.2, 0) is 11.3 Å². The van der Waals surface area contributed by atoms with Gasteiger partial charge in [-0.3, -0.25) is 0 Å². The van der Waals surface area contributed by atoms with Gasteiger partial charge in [0.15, 0.2) is 0 Å². The Morgan fingerprint density at radius 3 is 2.41 bits per heavy atom. The van der Waals surface area contributed by atoms with E-state index in [4.69, 9.17) is 0 Å². The number of hydrogen-bond donors (Lipinski definition) is 1. The molecule has 0 spiro atoms. The zero-order chi connectivity index (χ0) is 15.4. The first kappa shape index (κ1) is 14.0. The molecule has 0 unspecified atom stereocenters. The van der Waals surface area contributed by atoms with Crippen LogP contribution < -0.4 is 4.57 Å². The molecule has 3 heteroatoms. The number of fused-ring (bicyclic) bond motifs is 1. The molecule has 0 radical (unpaired) electrons. The van der Waals surface area contributed by atoms with E-state index >= 15 is 0 Å². The molecule has 0 saturated heterocycles. The second kappa shape index (κ2) is 6.22. The van der Waals surface area contributed by atoms with Gasteiger partial charge in [0.25, 0.3) is 0 Å². The molecule has 3 nitrogen and oxygen atoms in total. The number of benzene rings is 2. The molecule has 22 heavy (non-hydrogen) atoms. The molecule has 0 saturated carbocycles. The zero-order valence-electron chi connectivity index (χ0n) is 12.0. The molecule has 0 aliphatic rings. The van der Waals surface area contributed by atoms with Crippen molar-refractivity contribution in [3.8, 4) is 0 Å². The number of carboxylic acids is 1. The summed E-state index contributed by atoms with van der Waals surface area (Å²) >= 11 is 0. The van der Waals surface area contributed by atoms with Crippen molar-refractivity contribution in [1.29, 1.82) is 0 Å². The molecule has 1 aromatic heterocycles. The fourth-order valence-electron chi connectivity index (χ4n) is 2.48. The molecule has 1 heterocycles. The summed E-state index contributed by atoms with van der Waals surface area (Å²) in [5.41, 5.74) is 2.86. The predicted molar refractivity (Wildman–Crippen MR) is 87.1 cm³/mol. The van der Waals surface area contributed by atoms with Crippen molar-refractivity contribution in [3.63, 3.8) is 0 Å². The number of rotatable bonds is 4. The maximum atomic E-state index is 11.2. The molecule has 0 amide bonds. The lowest BCUT2D eigenvalue weighted by molar-refractivity contribution is -0.661. The number of para-hydroxylation sites is 1. The van der Waals surface area contributed by atoms with Crippen LogP contribution in [-0.4, -0.2) is 11.1 Å². The predicted octanol–water partition coefficient (Wildman–Crippen LogP) is 3.38. The number of carbonyl (C=O) groups is 1. The minimum absolute atomic E-state index is 0.0597. The van der Waals surface area contributed by atoms with E-state index in [0.29, 0.717) is 0 Å². The molecule has 3 rings (SSSR count). The van der Waals surface area contributed by atoms with Gasteiger partial charge in [0.05, 0.1) is 0 Å². The van der Waals surface area contributed by atoms with Gasteiger partial charge in [-0.05, 0) is 23.8 Å². The van der Waals surface area contributed by atoms with Gasteiger partial charge in [0, 0.05) is 23.6 Å². The van der Waals surface area contributed by atoms with Crippen molar-refractivity contribution in [2.24, 2.45) is 0 Å². The van der Waals surface area contributed by atoms with Crippen molar-refractivity contribution >= 4 is 29.0 Å². The van der Waals surface area contributed by atoms with Crippen molar-refractivity contribution in [2.45, 2.75) is 6.54 Å². The van der Waals surface area contributed by atoms with E-state index in [-0.39, 0.29) is 6.54 Å². The van der Waals surface area contributed by atoms with Gasteiger partial charge in [0.2, 0.25) is 17.8 Å². The highest BCUT2D eigenvalue weighted by Gasteiger charge is 2.16. The lowest BCUT2D eigenvalue weighted by Gasteiger charge is -2.03. The van der Waals surface area contributed by atoms with Crippen LogP contribution in [0.15, 0.2) is 66.7 Å². The summed E-state index contributed by atoms with van der Waals surface area (Å²) in [6.45, 7) is -0.0597. The maximum Gasteiger partial charge on any atom is 0.370 e. The Labute approximate surface area is 128 Å². The Balaban J connectivity index is 2.08. The largest absolute Gasteiger partial charge is 0.477 e. The number of aliphatic carboxylic acids is 1. The maximum absolute atomic E-state index is 11.2. The van der Waals surface area contributed by atoms with Gasteiger partial charge in [0.1, 0.15) is 0 Å². The van der Waals surface area contributed by atoms with E-state index in [1.54, 1.807) is 0 Å². The topological polar surface area (TPSA) is 41.2 Å². The van der Waals surface area contributed by atoms with E-state index in [0.717, 1.165) is 22.2 Å². The van der Waals surface area contributed by atoms with Gasteiger partial charge in [-0.25, -0.2) is 4.79 Å². The third-order valence-corrected chi connectivity index (χ3v) is 3.51. The summed E-state index contributed by atoms with van der Waals surface area (Å²) in [4.78, 5) is 11.2. The Morgan fingerprint density at radius 2 is 1.64 bits per heavy atom. The molecule has 108 valence electrons. The molecule has 0 aliphatic heterocycles. The Bertz CT molecular complexity index is 838. The van der Waals surface area contributed by atoms with Crippen molar-refractivity contribution in [1.82, 2.24) is 0 Å². The van der Waals surface area contributed by atoms with Crippen LogP contribution in [0.25, 0.3) is 23.1 Å². The second-order valence-corrected chi connectivity index (χ2v) is 5.04. The monoisotopic (exact) mass is 290 g/mol. The van der Waals surface area contributed by atoms with E-state index in [9.17, 15) is 9.90 Å². The first-order valence-electron chi connectivity index (χ1n) is 7.10. The van der Waals surface area contributed by atoms with E-state index < -0.39 is 5.97 Å². The minimum atomic E-state index is -0.851. The molecule has 0 aliphatic carbocycles. The molecule has 0 atom stereocenters. The number of hydrogen-bond acceptors (Lipinski definition) is 1. The fourth-order valence-corrected chi connectivity index (χ4v) is 2.48. The van der Waals surface area contributed by atoms with Gasteiger partial charge < -0.3 is 5.11 Å². The first-order chi connectivity index (χ1) is 10.7. The fraction of sp³-hybridized carbons (Fsp3) is 0.0526. The minimum Gasteiger partial charge on any atom is -0.477 e. The van der Waals surface area contributed by atoms with Crippen LogP contribution in [0.1, 0.15) is 11.3 Å². The lowest BCUT2D eigenvalue weighted by atomic mass is 10.1. The molecule has 0 bridgehead atoms. The second-order valence-electron chi connectivity index (χ2n) is 5.04. The van der Waals surface area contributed by atoms with Crippen molar-refractivity contribution in [2.75, 3.05) is 0 Å². The number of nitrogens with zero attached hydrogens (tertiary/aromatic N) is 1. The molecular formula is C19H16NO2+. The van der Waals surface area contributed by atoms with E-state index in [1.165, 1.54) is 0 Å². The smallest absolute Gasteiger partial charge is 0.370 e. The van der Waals surface area contributed by atoms with Gasteiger partial charge in [-0.1, -0.05) is 42.5 Å². The summed E-state index contributed by atoms with van der Waals surface area (Å²) in [6, 6.07) is 21.7. The van der Waals surface area contributed by atoms with Crippen LogP contribution in [0.4, 0.5) is 0 Å². The lowest BCUT2D eigenvalue weighted by Crippen LogP contribution is -2.41. The standard InChI is InChI=1S/C19H15NO2/c21-19(22)14-20-17(12-10-15-6-2-1-3-7-15)13-11-16-8-4-5-9-18(16)20/h1-13H,14H2/p+1/b12-10-. The SMILES string of the molecule is O=C(O)C[n+]1c(/C=C\c2ccccc2)ccc2ccccc21. The average Bonchev–Trinajstić information content (AvgIpc) is 2.54. The Morgan fingerprint density at radius 1 is 0.909 bits per heavy atom. The highest BCUT2D eigenvalue weighted by molar-refractivity contribution is 5.78. The zero-order valence-corrected chi connectivity index (χ0v) is 12.0. The average molecular weight is 290 g/mol. The van der Waals surface area contributed by atoms with Crippen LogP contribution in [0.2, 0.25) is 0 Å². The molecular weight excluding hydrogens is 274 g/mol. The first-order valence-corrected chi connectivity index (χ1v) is 7.10. The Kier molecular flexibility index (Phi) is 3.97. The van der Waals surface area contributed by atoms with Gasteiger partial charge in [-0.15, -0.1) is 0 Å². The molecule has 2 aromatic carbocycles. The normalized spacial score (nSPS) is 11.1. The number of carboxylic acid groups (broad SMARTS) is 1. The van der Waals surface area contributed by atoms with Gasteiger partial charge in [-0.2, -0.15) is 4.57 Å². The highest BCUT2D eigenvalue weighted by Crippen LogP contribution is 2.12. The van der Waals surface area contributed by atoms with Crippen LogP contribution in [0.3, 0.4) is 0 Å². The van der Waals surface area contributed by atoms with E-state index in [2.05, 4.69) is 0 Å². The molecule has 3 aromatic rings. The quantitative estimate of drug-likeness (QED) is 0.748. The summed E-state index contributed by atoms with van der Waals surface area (Å²) in [7, 11) is 0. The summed E-state index contributed by atoms with van der Waals surface area (Å²) < 4.78 is 1.82. The van der Waals surface area contributed by atoms with Crippen LogP contribution >= 0.6 is 0 Å². The third kappa shape index (κ3) is 3.04. The highest BCUT2D eigenvalue weighted by atomic mass is 16.4. The molecule has 1 N–H and O–H groups in total.